The Bertz CT molecular complexity index is 942. The molecule has 4 nitrogen and oxygen atoms in total. The van der Waals surface area contributed by atoms with Crippen molar-refractivity contribution in [3.05, 3.63) is 18.0 Å². The molecule has 2 N–H and O–H groups in total. The first-order chi connectivity index (χ1) is 15.9. The lowest BCUT2D eigenvalue weighted by Crippen LogP contribution is -2.61. The molecule has 0 aliphatic heterocycles. The van der Waals surface area contributed by atoms with Crippen molar-refractivity contribution in [2.24, 2.45) is 52.8 Å². The summed E-state index contributed by atoms with van der Waals surface area (Å²) in [5.41, 5.74) is -0.368. The van der Waals surface area contributed by atoms with Crippen LogP contribution in [0.25, 0.3) is 0 Å². The Kier molecular flexibility index (Phi) is 6.01. The van der Waals surface area contributed by atoms with Gasteiger partial charge in [-0.05, 0) is 118 Å². The molecule has 1 heterocycles. The highest BCUT2D eigenvalue weighted by molar-refractivity contribution is 5.26. The van der Waals surface area contributed by atoms with E-state index in [1.807, 2.05) is 17.8 Å². The maximum atomic E-state index is 12.0. The van der Waals surface area contributed by atoms with Gasteiger partial charge in [-0.25, -0.2) is 0 Å². The third-order valence-corrected chi connectivity index (χ3v) is 11.4. The molecule has 0 spiro atoms. The van der Waals surface area contributed by atoms with Gasteiger partial charge in [0.05, 0.1) is 29.5 Å². The minimum Gasteiger partial charge on any atom is -0.390 e. The van der Waals surface area contributed by atoms with Crippen LogP contribution in [0.3, 0.4) is 0 Å². The van der Waals surface area contributed by atoms with E-state index < -0.39 is 11.2 Å². The fraction of sp³-hybridized carbons (Fsp3) is 0.833. The first-order valence-electron chi connectivity index (χ1n) is 13.9. The smallest absolute Gasteiger partial charge is 0.0848 e. The Labute approximate surface area is 206 Å². The zero-order valence-electron chi connectivity index (χ0n) is 22.0. The summed E-state index contributed by atoms with van der Waals surface area (Å²) >= 11 is 0. The minimum atomic E-state index is -0.827. The second kappa shape index (κ2) is 8.38. The van der Waals surface area contributed by atoms with Crippen LogP contribution in [0, 0.1) is 65.1 Å². The lowest BCUT2D eigenvalue weighted by Gasteiger charge is -2.65. The molecule has 4 heteroatoms. The first kappa shape index (κ1) is 24.4. The van der Waals surface area contributed by atoms with E-state index in [0.717, 1.165) is 42.6 Å². The highest BCUT2D eigenvalue weighted by Gasteiger charge is 2.61. The number of hydrogen-bond acceptors (Lipinski definition) is 3. The van der Waals surface area contributed by atoms with Gasteiger partial charge in [-0.2, -0.15) is 5.10 Å². The number of aliphatic hydroxyl groups is 2. The van der Waals surface area contributed by atoms with Crippen LogP contribution < -0.4 is 0 Å². The van der Waals surface area contributed by atoms with E-state index in [1.54, 1.807) is 6.20 Å². The fourth-order valence-corrected chi connectivity index (χ4v) is 9.89. The van der Waals surface area contributed by atoms with Gasteiger partial charge in [-0.1, -0.05) is 26.7 Å². The van der Waals surface area contributed by atoms with Gasteiger partial charge in [0.2, 0.25) is 0 Å². The third-order valence-electron chi connectivity index (χ3n) is 11.4. The predicted octanol–water partition coefficient (Wildman–Crippen LogP) is 5.52. The summed E-state index contributed by atoms with van der Waals surface area (Å²) in [7, 11) is 0. The second-order valence-electron chi connectivity index (χ2n) is 13.7. The molecule has 188 valence electrons. The van der Waals surface area contributed by atoms with Gasteiger partial charge >= 0.3 is 0 Å². The number of hydrogen-bond donors (Lipinski definition) is 2. The van der Waals surface area contributed by atoms with Crippen molar-refractivity contribution in [2.75, 3.05) is 0 Å². The number of rotatable bonds is 3. The van der Waals surface area contributed by atoms with Crippen molar-refractivity contribution < 1.29 is 10.2 Å². The molecule has 1 aromatic rings. The van der Waals surface area contributed by atoms with Crippen LogP contribution in [0.2, 0.25) is 0 Å². The van der Waals surface area contributed by atoms with Crippen molar-refractivity contribution >= 4 is 0 Å². The van der Waals surface area contributed by atoms with Crippen molar-refractivity contribution in [2.45, 2.75) is 104 Å². The Balaban J connectivity index is 1.42. The van der Waals surface area contributed by atoms with Crippen molar-refractivity contribution in [3.63, 3.8) is 0 Å². The highest BCUT2D eigenvalue weighted by atomic mass is 16.3. The summed E-state index contributed by atoms with van der Waals surface area (Å²) in [6.07, 6.45) is 18.5. The first-order valence-corrected chi connectivity index (χ1v) is 13.9. The number of fused-ring (bicyclic) bond motifs is 5. The van der Waals surface area contributed by atoms with Gasteiger partial charge in [0.1, 0.15) is 0 Å². The molecule has 34 heavy (non-hydrogen) atoms. The van der Waals surface area contributed by atoms with Crippen LogP contribution in [0.4, 0.5) is 0 Å². The van der Waals surface area contributed by atoms with Gasteiger partial charge in [0.25, 0.3) is 0 Å². The standard InChI is InChI=1S/C30H46N2O2/c1-7-21-16-31-32(17-21)18-30(6,34)26-14-19(2)20(3)27-25-9-8-22-15-28(4,33)12-10-23(22)24(25)11-13-29(26,27)5/h1,16-17,19-20,22-27,33-34H,8-15,18H2,2-6H3/t19-,20+,22+,23-,24+,25+,26-,27-,28+,29+,30-/m0/s1. The molecule has 0 unspecified atom stereocenters. The zero-order chi connectivity index (χ0) is 24.5. The topological polar surface area (TPSA) is 58.3 Å². The number of nitrogens with zero attached hydrogens (tertiary/aromatic N) is 2. The van der Waals surface area contributed by atoms with Crippen molar-refractivity contribution in [1.29, 1.82) is 0 Å². The summed E-state index contributed by atoms with van der Waals surface area (Å²) < 4.78 is 1.85. The van der Waals surface area contributed by atoms with Crippen LogP contribution in [0.15, 0.2) is 12.4 Å². The van der Waals surface area contributed by atoms with Crippen LogP contribution in [-0.4, -0.2) is 31.2 Å². The molecule has 5 rings (SSSR count). The average molecular weight is 467 g/mol. The maximum Gasteiger partial charge on any atom is 0.0848 e. The highest BCUT2D eigenvalue weighted by Crippen LogP contribution is 2.66. The molecule has 4 aliphatic rings. The van der Waals surface area contributed by atoms with Gasteiger partial charge < -0.3 is 10.2 Å². The number of aromatic nitrogens is 2. The quantitative estimate of drug-likeness (QED) is 0.577. The van der Waals surface area contributed by atoms with E-state index >= 15 is 0 Å². The summed E-state index contributed by atoms with van der Waals surface area (Å²) in [5, 5.41) is 27.2. The Morgan fingerprint density at radius 1 is 1.15 bits per heavy atom. The Morgan fingerprint density at radius 2 is 1.88 bits per heavy atom. The largest absolute Gasteiger partial charge is 0.390 e. The molecule has 4 aliphatic carbocycles. The molecule has 0 aromatic carbocycles. The zero-order valence-corrected chi connectivity index (χ0v) is 22.0. The van der Waals surface area contributed by atoms with E-state index in [4.69, 9.17) is 6.42 Å². The van der Waals surface area contributed by atoms with Gasteiger partial charge in [-0.15, -0.1) is 6.42 Å². The molecular weight excluding hydrogens is 420 g/mol. The summed E-state index contributed by atoms with van der Waals surface area (Å²) in [6.45, 7) is 12.0. The summed E-state index contributed by atoms with van der Waals surface area (Å²) in [4.78, 5) is 0. The molecule has 4 saturated carbocycles. The second-order valence-corrected chi connectivity index (χ2v) is 13.7. The average Bonchev–Trinajstić information content (AvgIpc) is 3.21. The van der Waals surface area contributed by atoms with Gasteiger partial charge in [-0.3, -0.25) is 4.68 Å². The predicted molar refractivity (Wildman–Crippen MR) is 136 cm³/mol. The van der Waals surface area contributed by atoms with E-state index in [-0.39, 0.29) is 11.3 Å². The van der Waals surface area contributed by atoms with Gasteiger partial charge in [0.15, 0.2) is 0 Å². The Hall–Kier alpha value is -1.31. The minimum absolute atomic E-state index is 0.145. The van der Waals surface area contributed by atoms with E-state index in [1.165, 1.54) is 32.1 Å². The lowest BCUT2D eigenvalue weighted by molar-refractivity contribution is -0.196. The monoisotopic (exact) mass is 466 g/mol. The Morgan fingerprint density at radius 3 is 2.59 bits per heavy atom. The number of terminal acetylenes is 1. The lowest BCUT2D eigenvalue weighted by atomic mass is 9.40. The SMILES string of the molecule is C#Cc1cnn(C[C@](C)(O)[C@H]2C[C@H](C)[C@@H](C)[C@H]3[C@@H]4CC[C@@H]5C[C@](C)(O)CC[C@@H]5[C@H]4CC[C@@]32C)c1. The molecule has 0 saturated heterocycles. The summed E-state index contributed by atoms with van der Waals surface area (Å²) in [5.74, 6) is 7.92. The summed E-state index contributed by atoms with van der Waals surface area (Å²) in [6, 6.07) is 0. The van der Waals surface area contributed by atoms with E-state index in [2.05, 4.69) is 38.7 Å². The molecule has 0 bridgehead atoms. The molecule has 4 fully saturated rings. The van der Waals surface area contributed by atoms with E-state index in [9.17, 15) is 10.2 Å². The maximum absolute atomic E-state index is 12.0. The van der Waals surface area contributed by atoms with Crippen molar-refractivity contribution in [3.8, 4) is 12.3 Å². The van der Waals surface area contributed by atoms with E-state index in [0.29, 0.717) is 30.2 Å². The molecule has 0 amide bonds. The molecule has 11 atom stereocenters. The normalized spacial score (nSPS) is 48.1. The van der Waals surface area contributed by atoms with Gasteiger partial charge in [0, 0.05) is 6.20 Å². The van der Waals surface area contributed by atoms with Crippen LogP contribution in [-0.2, 0) is 6.54 Å². The van der Waals surface area contributed by atoms with Crippen LogP contribution in [0.1, 0.15) is 91.5 Å². The molecular formula is C30H46N2O2. The fourth-order valence-electron chi connectivity index (χ4n) is 9.89. The van der Waals surface area contributed by atoms with Crippen molar-refractivity contribution in [1.82, 2.24) is 9.78 Å². The van der Waals surface area contributed by atoms with Crippen LogP contribution in [0.5, 0.6) is 0 Å². The molecule has 0 radical (unpaired) electrons. The third kappa shape index (κ3) is 3.96. The van der Waals surface area contributed by atoms with Crippen LogP contribution >= 0.6 is 0 Å². The molecule has 1 aromatic heterocycles.